The third kappa shape index (κ3) is 3.25. The minimum Gasteiger partial charge on any atom is -0.475 e. The first-order valence-electron chi connectivity index (χ1n) is 4.54. The quantitative estimate of drug-likeness (QED) is 0.715. The number of ether oxygens (including phenoxy) is 1. The summed E-state index contributed by atoms with van der Waals surface area (Å²) in [6.07, 6.45) is -21.2. The molecule has 0 amide bonds. The zero-order chi connectivity index (χ0) is 19.3. The number of halogens is 13. The van der Waals surface area contributed by atoms with E-state index >= 15 is 0 Å². The maximum atomic E-state index is 12.7. The molecular weight excluding hydrogens is 379 g/mol. The highest BCUT2D eigenvalue weighted by molar-refractivity contribution is 5.73. The largest absolute Gasteiger partial charge is 0.475 e. The van der Waals surface area contributed by atoms with Gasteiger partial charge in [-0.1, -0.05) is 0 Å². The van der Waals surface area contributed by atoms with Crippen molar-refractivity contribution in [1.82, 2.24) is 0 Å². The van der Waals surface area contributed by atoms with Crippen LogP contribution in [-0.4, -0.2) is 47.2 Å². The van der Waals surface area contributed by atoms with Gasteiger partial charge >= 0.3 is 42.1 Å². The number of carbonyl (C=O) groups is 1. The predicted molar refractivity (Wildman–Crippen MR) is 39.5 cm³/mol. The fourth-order valence-corrected chi connectivity index (χ4v) is 0.827. The monoisotopic (exact) mass is 380 g/mol. The van der Waals surface area contributed by atoms with Crippen molar-refractivity contribution in [3.05, 3.63) is 0 Å². The maximum Gasteiger partial charge on any atom is 0.460 e. The number of hydrogen-bond acceptors (Lipinski definition) is 2. The summed E-state index contributed by atoms with van der Waals surface area (Å²) in [5, 5.41) is 7.59. The van der Waals surface area contributed by atoms with Gasteiger partial charge in [0.2, 0.25) is 0 Å². The van der Waals surface area contributed by atoms with Crippen molar-refractivity contribution in [3.63, 3.8) is 0 Å². The molecule has 0 aromatic heterocycles. The summed E-state index contributed by atoms with van der Waals surface area (Å²) in [6.45, 7) is 0. The molecule has 0 rings (SSSR count). The second kappa shape index (κ2) is 5.27. The van der Waals surface area contributed by atoms with Crippen LogP contribution in [0.2, 0.25) is 0 Å². The summed E-state index contributed by atoms with van der Waals surface area (Å²) in [4.78, 5) is 9.66. The van der Waals surface area contributed by atoms with E-state index in [1.165, 1.54) is 0 Å². The number of alkyl halides is 13. The van der Waals surface area contributed by atoms with Gasteiger partial charge in [-0.05, 0) is 0 Å². The minimum absolute atomic E-state index is 1.55. The summed E-state index contributed by atoms with van der Waals surface area (Å²) < 4.78 is 161. The van der Waals surface area contributed by atoms with Crippen LogP contribution in [0.3, 0.4) is 0 Å². The van der Waals surface area contributed by atoms with E-state index in [0.717, 1.165) is 0 Å². The van der Waals surface area contributed by atoms with Gasteiger partial charge in [-0.15, -0.1) is 0 Å². The van der Waals surface area contributed by atoms with Crippen molar-refractivity contribution in [2.45, 2.75) is 36.2 Å². The van der Waals surface area contributed by atoms with E-state index in [9.17, 15) is 61.9 Å². The Morgan fingerprint density at radius 3 is 1.26 bits per heavy atom. The highest BCUT2D eigenvalue weighted by Crippen LogP contribution is 2.58. The Balaban J connectivity index is 6.00. The molecule has 0 unspecified atom stereocenters. The molecule has 1 N–H and O–H groups in total. The van der Waals surface area contributed by atoms with Crippen LogP contribution in [0.5, 0.6) is 0 Å². The zero-order valence-electron chi connectivity index (χ0n) is 9.68. The number of carboxylic acid groups (broad SMARTS) is 1. The first-order valence-corrected chi connectivity index (χ1v) is 4.54. The third-order valence-electron chi connectivity index (χ3n) is 2.02. The molecule has 0 aromatic carbocycles. The molecule has 0 fully saturated rings. The number of carboxylic acids is 1. The Hall–Kier alpha value is -1.48. The van der Waals surface area contributed by atoms with Crippen molar-refractivity contribution < 1.29 is 71.7 Å². The Labute approximate surface area is 115 Å². The zero-order valence-corrected chi connectivity index (χ0v) is 9.68. The van der Waals surface area contributed by atoms with E-state index in [2.05, 4.69) is 0 Å². The lowest BCUT2D eigenvalue weighted by molar-refractivity contribution is -0.482. The molecule has 138 valence electrons. The highest BCUT2D eigenvalue weighted by atomic mass is 19.4. The summed E-state index contributed by atoms with van der Waals surface area (Å²) in [6, 6.07) is 0. The molecule has 0 aliphatic heterocycles. The summed E-state index contributed by atoms with van der Waals surface area (Å²) in [5.74, 6) is -27.4. The van der Waals surface area contributed by atoms with E-state index in [1.807, 2.05) is 0 Å². The Kier molecular flexibility index (Phi) is 4.93. The van der Waals surface area contributed by atoms with E-state index in [0.29, 0.717) is 0 Å². The lowest BCUT2D eigenvalue weighted by atomic mass is 10.0. The second-order valence-electron chi connectivity index (χ2n) is 3.66. The molecule has 0 radical (unpaired) electrons. The maximum absolute atomic E-state index is 12.7. The molecule has 0 aliphatic carbocycles. The van der Waals surface area contributed by atoms with Crippen molar-refractivity contribution in [1.29, 1.82) is 0 Å². The first-order chi connectivity index (χ1) is 9.65. The van der Waals surface area contributed by atoms with Crippen LogP contribution < -0.4 is 0 Å². The average molecular weight is 380 g/mol. The molecule has 0 spiro atoms. The Morgan fingerprint density at radius 2 is 1.00 bits per heavy atom. The van der Waals surface area contributed by atoms with Gasteiger partial charge < -0.3 is 5.11 Å². The molecule has 0 saturated heterocycles. The first kappa shape index (κ1) is 21.5. The van der Waals surface area contributed by atoms with Crippen molar-refractivity contribution in [2.24, 2.45) is 0 Å². The molecule has 0 heterocycles. The minimum atomic E-state index is -7.98. The van der Waals surface area contributed by atoms with Crippen LogP contribution in [0.15, 0.2) is 0 Å². The fourth-order valence-electron chi connectivity index (χ4n) is 0.827. The van der Waals surface area contributed by atoms with Crippen LogP contribution in [0.25, 0.3) is 0 Å². The lowest BCUT2D eigenvalue weighted by Crippen LogP contribution is -2.67. The van der Waals surface area contributed by atoms with Crippen LogP contribution >= 0.6 is 0 Å². The average Bonchev–Trinajstić information content (AvgIpc) is 2.24. The van der Waals surface area contributed by atoms with Crippen LogP contribution in [0, 0.1) is 0 Å². The van der Waals surface area contributed by atoms with Gasteiger partial charge in [-0.2, -0.15) is 57.1 Å². The fraction of sp³-hybridized carbons (Fsp3) is 0.857. The highest BCUT2D eigenvalue weighted by Gasteiger charge is 2.88. The smallest absolute Gasteiger partial charge is 0.460 e. The van der Waals surface area contributed by atoms with Gasteiger partial charge in [0.25, 0.3) is 0 Å². The number of aliphatic carboxylic acids is 1. The third-order valence-corrected chi connectivity index (χ3v) is 2.02. The van der Waals surface area contributed by atoms with Crippen LogP contribution in [0.4, 0.5) is 57.1 Å². The van der Waals surface area contributed by atoms with Crippen LogP contribution in [0.1, 0.15) is 0 Å². The van der Waals surface area contributed by atoms with E-state index in [-0.39, 0.29) is 0 Å². The van der Waals surface area contributed by atoms with Gasteiger partial charge in [-0.3, -0.25) is 0 Å². The standard InChI is InChI=1S/C7HF13O3/c8-2(9,1(21)22)23-7(19,20)5(14,15)3(10,11)4(12,13)6(16,17)18/h(H,21,22). The van der Waals surface area contributed by atoms with Gasteiger partial charge in [0.05, 0.1) is 0 Å². The Bertz CT molecular complexity index is 465. The van der Waals surface area contributed by atoms with E-state index in [4.69, 9.17) is 5.11 Å². The SMILES string of the molecule is O=C(O)C(F)(F)OC(F)(F)C(F)(F)C(F)(F)C(F)(F)C(F)(F)F. The van der Waals surface area contributed by atoms with Crippen LogP contribution in [-0.2, 0) is 9.53 Å². The second-order valence-corrected chi connectivity index (χ2v) is 3.66. The van der Waals surface area contributed by atoms with Gasteiger partial charge in [0.1, 0.15) is 0 Å². The molecular formula is C7HF13O3. The van der Waals surface area contributed by atoms with Gasteiger partial charge in [0, 0.05) is 0 Å². The number of rotatable bonds is 6. The van der Waals surface area contributed by atoms with Gasteiger partial charge in [-0.25, -0.2) is 9.53 Å². The van der Waals surface area contributed by atoms with E-state index < -0.39 is 42.1 Å². The van der Waals surface area contributed by atoms with Gasteiger partial charge in [0.15, 0.2) is 0 Å². The molecule has 0 atom stereocenters. The molecule has 0 aliphatic rings. The predicted octanol–water partition coefficient (Wildman–Crippen LogP) is 3.74. The summed E-state index contributed by atoms with van der Waals surface area (Å²) >= 11 is 0. The van der Waals surface area contributed by atoms with Crippen molar-refractivity contribution >= 4 is 5.97 Å². The Morgan fingerprint density at radius 1 is 0.652 bits per heavy atom. The molecule has 3 nitrogen and oxygen atoms in total. The topological polar surface area (TPSA) is 46.5 Å². The summed E-state index contributed by atoms with van der Waals surface area (Å²) in [5.41, 5.74) is 0. The molecule has 0 aromatic rings. The van der Waals surface area contributed by atoms with E-state index in [1.54, 1.807) is 4.74 Å². The van der Waals surface area contributed by atoms with Crippen molar-refractivity contribution in [3.8, 4) is 0 Å². The molecule has 16 heteroatoms. The molecule has 0 bridgehead atoms. The van der Waals surface area contributed by atoms with Crippen molar-refractivity contribution in [2.75, 3.05) is 0 Å². The summed E-state index contributed by atoms with van der Waals surface area (Å²) in [7, 11) is 0. The normalized spacial score (nSPS) is 15.7. The molecule has 23 heavy (non-hydrogen) atoms. The lowest BCUT2D eigenvalue weighted by Gasteiger charge is -2.37. The molecule has 0 saturated carbocycles. The number of hydrogen-bond donors (Lipinski definition) is 1.